The Labute approximate surface area is 160 Å². The molecule has 0 bridgehead atoms. The summed E-state index contributed by atoms with van der Waals surface area (Å²) in [6.07, 6.45) is 2.60. The highest BCUT2D eigenvalue weighted by Gasteiger charge is 2.15. The number of amides is 1. The highest BCUT2D eigenvalue weighted by atomic mass is 32.1. The normalized spacial score (nSPS) is 11.6. The van der Waals surface area contributed by atoms with Crippen LogP contribution in [0.15, 0.2) is 29.8 Å². The van der Waals surface area contributed by atoms with Gasteiger partial charge < -0.3 is 4.57 Å². The van der Waals surface area contributed by atoms with Crippen molar-refractivity contribution in [2.75, 3.05) is 5.32 Å². The number of aryl methyl sites for hydroxylation is 1. The number of nitrogens with one attached hydrogen (secondary N) is 1. The average Bonchev–Trinajstić information content (AvgIpc) is 3.14. The van der Waals surface area contributed by atoms with Crippen molar-refractivity contribution in [3.63, 3.8) is 0 Å². The lowest BCUT2D eigenvalue weighted by Crippen LogP contribution is -2.13. The third-order valence-corrected chi connectivity index (χ3v) is 5.23. The maximum atomic E-state index is 13.3. The van der Waals surface area contributed by atoms with E-state index in [1.807, 2.05) is 26.0 Å². The quantitative estimate of drug-likeness (QED) is 0.508. The lowest BCUT2D eigenvalue weighted by Gasteiger charge is -2.07. The molecule has 1 N–H and O–H groups in total. The van der Waals surface area contributed by atoms with Gasteiger partial charge in [0.2, 0.25) is 0 Å². The minimum absolute atomic E-state index is 0.00261. The smallest absolute Gasteiger partial charge is 0.268 e. The van der Waals surface area contributed by atoms with Crippen LogP contribution in [0.25, 0.3) is 16.3 Å². The first-order valence-electron chi connectivity index (χ1n) is 8.59. The molecular weight excluding hydrogens is 363 g/mol. The summed E-state index contributed by atoms with van der Waals surface area (Å²) >= 11 is 1.17. The van der Waals surface area contributed by atoms with E-state index in [9.17, 15) is 14.4 Å². The van der Waals surface area contributed by atoms with Crippen molar-refractivity contribution in [2.45, 2.75) is 33.7 Å². The SMILES string of the molecule is CCCn1c(C)cc(/C=C(\C#N)C(=O)Nc2nc3ccc(F)cc3s2)c1C. The average molecular weight is 382 g/mol. The van der Waals surface area contributed by atoms with Crippen molar-refractivity contribution in [2.24, 2.45) is 0 Å². The molecule has 2 heterocycles. The van der Waals surface area contributed by atoms with Crippen molar-refractivity contribution in [1.29, 1.82) is 5.26 Å². The van der Waals surface area contributed by atoms with E-state index in [0.717, 1.165) is 29.9 Å². The van der Waals surface area contributed by atoms with Gasteiger partial charge in [0.1, 0.15) is 17.5 Å². The molecule has 3 aromatic rings. The maximum Gasteiger partial charge on any atom is 0.268 e. The molecule has 0 aliphatic heterocycles. The largest absolute Gasteiger partial charge is 0.349 e. The monoisotopic (exact) mass is 382 g/mol. The van der Waals surface area contributed by atoms with E-state index in [1.165, 1.54) is 23.5 Å². The summed E-state index contributed by atoms with van der Waals surface area (Å²) in [6, 6.07) is 8.17. The van der Waals surface area contributed by atoms with Crippen LogP contribution in [0.4, 0.5) is 9.52 Å². The fraction of sp³-hybridized carbons (Fsp3) is 0.250. The molecule has 3 rings (SSSR count). The number of benzene rings is 1. The zero-order chi connectivity index (χ0) is 19.6. The van der Waals surface area contributed by atoms with Crippen LogP contribution in [0.2, 0.25) is 0 Å². The Morgan fingerprint density at radius 2 is 2.19 bits per heavy atom. The summed E-state index contributed by atoms with van der Waals surface area (Å²) in [5.41, 5.74) is 3.55. The third kappa shape index (κ3) is 3.91. The summed E-state index contributed by atoms with van der Waals surface area (Å²) < 4.78 is 16.1. The highest BCUT2D eigenvalue weighted by Crippen LogP contribution is 2.27. The zero-order valence-electron chi connectivity index (χ0n) is 15.3. The number of fused-ring (bicyclic) bond motifs is 1. The summed E-state index contributed by atoms with van der Waals surface area (Å²) in [6.45, 7) is 6.98. The standard InChI is InChI=1S/C20H19FN4OS/c1-4-7-25-12(2)8-14(13(25)3)9-15(11-22)19(26)24-20-23-17-6-5-16(21)10-18(17)27-20/h5-6,8-10H,4,7H2,1-3H3,(H,23,24,26)/b15-9+. The molecule has 0 radical (unpaired) electrons. The number of carbonyl (C=O) groups is 1. The summed E-state index contributed by atoms with van der Waals surface area (Å²) in [5, 5.41) is 12.4. The van der Waals surface area contributed by atoms with Crippen LogP contribution in [0.5, 0.6) is 0 Å². The van der Waals surface area contributed by atoms with Gasteiger partial charge in [-0.2, -0.15) is 5.26 Å². The number of nitrogens with zero attached hydrogens (tertiary/aromatic N) is 3. The van der Waals surface area contributed by atoms with E-state index >= 15 is 0 Å². The maximum absolute atomic E-state index is 13.3. The number of rotatable bonds is 5. The first kappa shape index (κ1) is 18.8. The molecule has 0 saturated carbocycles. The number of carbonyl (C=O) groups excluding carboxylic acids is 1. The topological polar surface area (TPSA) is 70.7 Å². The lowest BCUT2D eigenvalue weighted by molar-refractivity contribution is -0.112. The molecule has 0 saturated heterocycles. The molecule has 1 amide bonds. The van der Waals surface area contributed by atoms with Crippen LogP contribution in [-0.2, 0) is 11.3 Å². The molecule has 0 spiro atoms. The number of anilines is 1. The Kier molecular flexibility index (Phi) is 5.38. The van der Waals surface area contributed by atoms with Gasteiger partial charge in [0, 0.05) is 17.9 Å². The predicted molar refractivity (Wildman–Crippen MR) is 106 cm³/mol. The Balaban J connectivity index is 1.86. The summed E-state index contributed by atoms with van der Waals surface area (Å²) in [4.78, 5) is 16.8. The molecule has 5 nitrogen and oxygen atoms in total. The first-order chi connectivity index (χ1) is 12.9. The van der Waals surface area contributed by atoms with Crippen LogP contribution < -0.4 is 5.32 Å². The van der Waals surface area contributed by atoms with Crippen LogP contribution >= 0.6 is 11.3 Å². The zero-order valence-corrected chi connectivity index (χ0v) is 16.2. The molecule has 0 aliphatic rings. The van der Waals surface area contributed by atoms with Gasteiger partial charge in [0.05, 0.1) is 10.2 Å². The summed E-state index contributed by atoms with van der Waals surface area (Å²) in [5.74, 6) is -0.888. The van der Waals surface area contributed by atoms with E-state index in [-0.39, 0.29) is 11.4 Å². The van der Waals surface area contributed by atoms with Gasteiger partial charge in [-0.05, 0) is 56.2 Å². The molecule has 0 fully saturated rings. The number of nitriles is 1. The molecule has 138 valence electrons. The molecule has 0 unspecified atom stereocenters. The van der Waals surface area contributed by atoms with Gasteiger partial charge in [-0.3, -0.25) is 10.1 Å². The second-order valence-electron chi connectivity index (χ2n) is 6.23. The Bertz CT molecular complexity index is 1090. The number of aromatic nitrogens is 2. The van der Waals surface area contributed by atoms with Crippen LogP contribution in [0, 0.1) is 31.0 Å². The summed E-state index contributed by atoms with van der Waals surface area (Å²) in [7, 11) is 0. The highest BCUT2D eigenvalue weighted by molar-refractivity contribution is 7.22. The van der Waals surface area contributed by atoms with Crippen LogP contribution in [-0.4, -0.2) is 15.5 Å². The number of thiazole rings is 1. The van der Waals surface area contributed by atoms with Gasteiger partial charge >= 0.3 is 0 Å². The Morgan fingerprint density at radius 3 is 2.89 bits per heavy atom. The number of halogens is 1. The third-order valence-electron chi connectivity index (χ3n) is 4.30. The second kappa shape index (κ2) is 7.72. The van der Waals surface area contributed by atoms with Crippen molar-refractivity contribution in [3.8, 4) is 6.07 Å². The van der Waals surface area contributed by atoms with E-state index in [0.29, 0.717) is 15.3 Å². The number of hydrogen-bond donors (Lipinski definition) is 1. The molecule has 0 aliphatic carbocycles. The van der Waals surface area contributed by atoms with E-state index in [2.05, 4.69) is 21.8 Å². The van der Waals surface area contributed by atoms with Crippen molar-refractivity contribution in [3.05, 3.63) is 52.6 Å². The van der Waals surface area contributed by atoms with E-state index in [1.54, 1.807) is 12.1 Å². The number of hydrogen-bond acceptors (Lipinski definition) is 4. The molecule has 1 aromatic carbocycles. The van der Waals surface area contributed by atoms with E-state index in [4.69, 9.17) is 0 Å². The van der Waals surface area contributed by atoms with Gasteiger partial charge in [0.15, 0.2) is 5.13 Å². The minimum atomic E-state index is -0.530. The van der Waals surface area contributed by atoms with Crippen molar-refractivity contribution in [1.82, 2.24) is 9.55 Å². The van der Waals surface area contributed by atoms with Gasteiger partial charge in [-0.25, -0.2) is 9.37 Å². The van der Waals surface area contributed by atoms with Crippen molar-refractivity contribution >= 4 is 38.7 Å². The molecule has 2 aromatic heterocycles. The van der Waals surface area contributed by atoms with E-state index < -0.39 is 5.91 Å². The predicted octanol–water partition coefficient (Wildman–Crippen LogP) is 4.81. The minimum Gasteiger partial charge on any atom is -0.349 e. The van der Waals surface area contributed by atoms with Gasteiger partial charge in [-0.1, -0.05) is 18.3 Å². The fourth-order valence-electron chi connectivity index (χ4n) is 2.96. The van der Waals surface area contributed by atoms with Gasteiger partial charge in [-0.15, -0.1) is 0 Å². The second-order valence-corrected chi connectivity index (χ2v) is 7.26. The van der Waals surface area contributed by atoms with Crippen LogP contribution in [0.3, 0.4) is 0 Å². The lowest BCUT2D eigenvalue weighted by atomic mass is 10.1. The Hall–Kier alpha value is -2.98. The first-order valence-corrected chi connectivity index (χ1v) is 9.40. The molecule has 27 heavy (non-hydrogen) atoms. The molecule has 0 atom stereocenters. The fourth-order valence-corrected chi connectivity index (χ4v) is 3.85. The Morgan fingerprint density at radius 1 is 1.41 bits per heavy atom. The van der Waals surface area contributed by atoms with Crippen molar-refractivity contribution < 1.29 is 9.18 Å². The van der Waals surface area contributed by atoms with Crippen LogP contribution in [0.1, 0.15) is 30.3 Å². The molecular formula is C20H19FN4OS. The van der Waals surface area contributed by atoms with Gasteiger partial charge in [0.25, 0.3) is 5.91 Å². The molecule has 7 heteroatoms.